The van der Waals surface area contributed by atoms with Crippen LogP contribution in [0.3, 0.4) is 0 Å². The van der Waals surface area contributed by atoms with Gasteiger partial charge in [-0.25, -0.2) is 0 Å². The molecule has 0 aliphatic carbocycles. The molecule has 0 aromatic heterocycles. The van der Waals surface area contributed by atoms with Gasteiger partial charge in [0.05, 0.1) is 0 Å². The van der Waals surface area contributed by atoms with Crippen molar-refractivity contribution in [1.82, 2.24) is 5.32 Å². The summed E-state index contributed by atoms with van der Waals surface area (Å²) < 4.78 is 0. The van der Waals surface area contributed by atoms with Crippen molar-refractivity contribution in [2.24, 2.45) is 5.73 Å². The number of hydrogen-bond acceptors (Lipinski definition) is 2. The third kappa shape index (κ3) is 4.33. The van der Waals surface area contributed by atoms with Crippen molar-refractivity contribution in [3.63, 3.8) is 0 Å². The summed E-state index contributed by atoms with van der Waals surface area (Å²) in [5, 5.41) is 3.47. The van der Waals surface area contributed by atoms with Crippen molar-refractivity contribution in [2.45, 2.75) is 45.7 Å². The van der Waals surface area contributed by atoms with Crippen LogP contribution in [-0.2, 0) is 6.54 Å². The van der Waals surface area contributed by atoms with Crippen molar-refractivity contribution in [1.29, 1.82) is 0 Å². The van der Waals surface area contributed by atoms with Crippen LogP contribution in [0.5, 0.6) is 0 Å². The molecular formula is C14H24N2. The normalized spacial score (nSPS) is 13.1. The highest BCUT2D eigenvalue weighted by atomic mass is 14.9. The van der Waals surface area contributed by atoms with Gasteiger partial charge in [0.1, 0.15) is 0 Å². The van der Waals surface area contributed by atoms with Gasteiger partial charge in [0.25, 0.3) is 0 Å². The van der Waals surface area contributed by atoms with Gasteiger partial charge in [-0.2, -0.15) is 0 Å². The molecule has 2 heteroatoms. The predicted molar refractivity (Wildman–Crippen MR) is 70.5 cm³/mol. The first-order chi connectivity index (χ1) is 7.63. The summed E-state index contributed by atoms with van der Waals surface area (Å²) >= 11 is 0. The summed E-state index contributed by atoms with van der Waals surface area (Å²) in [6.45, 7) is 8.29. The third-order valence-electron chi connectivity index (χ3n) is 2.90. The zero-order valence-electron chi connectivity index (χ0n) is 10.7. The number of rotatable bonds is 6. The van der Waals surface area contributed by atoms with E-state index in [4.69, 9.17) is 5.73 Å². The zero-order chi connectivity index (χ0) is 12.0. The number of nitrogens with two attached hydrogens (primary N) is 1. The fraction of sp³-hybridized carbons (Fsp3) is 0.571. The first-order valence-corrected chi connectivity index (χ1v) is 6.15. The molecule has 0 heterocycles. The van der Waals surface area contributed by atoms with Crippen LogP contribution in [0.25, 0.3) is 0 Å². The second kappa shape index (κ2) is 6.66. The molecule has 90 valence electrons. The van der Waals surface area contributed by atoms with E-state index in [-0.39, 0.29) is 0 Å². The summed E-state index contributed by atoms with van der Waals surface area (Å²) in [4.78, 5) is 0. The van der Waals surface area contributed by atoms with Crippen LogP contribution in [0.1, 0.15) is 44.2 Å². The van der Waals surface area contributed by atoms with E-state index in [1.165, 1.54) is 11.1 Å². The topological polar surface area (TPSA) is 38.0 Å². The summed E-state index contributed by atoms with van der Waals surface area (Å²) in [7, 11) is 0. The molecule has 0 amide bonds. The molecule has 1 atom stereocenters. The smallest absolute Gasteiger partial charge is 0.0207 e. The summed E-state index contributed by atoms with van der Waals surface area (Å²) in [6, 6.07) is 9.34. The fourth-order valence-corrected chi connectivity index (χ4v) is 1.66. The van der Waals surface area contributed by atoms with Gasteiger partial charge >= 0.3 is 0 Å². The van der Waals surface area contributed by atoms with E-state index in [0.717, 1.165) is 19.5 Å². The molecule has 1 aromatic rings. The molecule has 0 fully saturated rings. The Hall–Kier alpha value is -0.860. The van der Waals surface area contributed by atoms with E-state index in [1.54, 1.807) is 0 Å². The number of nitrogens with one attached hydrogen (secondary N) is 1. The Morgan fingerprint density at radius 1 is 1.12 bits per heavy atom. The second-order valence-corrected chi connectivity index (χ2v) is 4.76. The highest BCUT2D eigenvalue weighted by molar-refractivity contribution is 5.24. The van der Waals surface area contributed by atoms with Gasteiger partial charge < -0.3 is 11.1 Å². The minimum absolute atomic E-state index is 0.495. The molecule has 0 saturated heterocycles. The Bertz CT molecular complexity index is 290. The molecule has 0 spiro atoms. The molecule has 0 radical (unpaired) electrons. The minimum atomic E-state index is 0.495. The van der Waals surface area contributed by atoms with Crippen molar-refractivity contribution >= 4 is 0 Å². The van der Waals surface area contributed by atoms with Gasteiger partial charge in [0, 0.05) is 12.6 Å². The van der Waals surface area contributed by atoms with E-state index in [2.05, 4.69) is 50.4 Å². The van der Waals surface area contributed by atoms with Crippen molar-refractivity contribution in [3.8, 4) is 0 Å². The van der Waals surface area contributed by atoms with E-state index in [9.17, 15) is 0 Å². The van der Waals surface area contributed by atoms with Crippen LogP contribution in [0.4, 0.5) is 0 Å². The van der Waals surface area contributed by atoms with Gasteiger partial charge in [-0.15, -0.1) is 0 Å². The SMILES string of the molecule is CC(CCN)NCc1ccc(C(C)C)cc1. The van der Waals surface area contributed by atoms with E-state index in [1.807, 2.05) is 0 Å². The molecule has 0 aliphatic heterocycles. The zero-order valence-corrected chi connectivity index (χ0v) is 10.7. The first kappa shape index (κ1) is 13.2. The van der Waals surface area contributed by atoms with Gasteiger partial charge in [-0.3, -0.25) is 0 Å². The number of benzene rings is 1. The minimum Gasteiger partial charge on any atom is -0.330 e. The van der Waals surface area contributed by atoms with E-state index >= 15 is 0 Å². The van der Waals surface area contributed by atoms with Crippen LogP contribution in [0, 0.1) is 0 Å². The van der Waals surface area contributed by atoms with Crippen LogP contribution >= 0.6 is 0 Å². The Morgan fingerprint density at radius 2 is 1.75 bits per heavy atom. The largest absolute Gasteiger partial charge is 0.330 e. The Morgan fingerprint density at radius 3 is 2.25 bits per heavy atom. The van der Waals surface area contributed by atoms with Crippen molar-refractivity contribution < 1.29 is 0 Å². The third-order valence-corrected chi connectivity index (χ3v) is 2.90. The maximum atomic E-state index is 5.51. The lowest BCUT2D eigenvalue weighted by Crippen LogP contribution is -2.27. The predicted octanol–water partition coefficient (Wildman–Crippen LogP) is 2.64. The molecule has 1 unspecified atom stereocenters. The van der Waals surface area contributed by atoms with Gasteiger partial charge in [0.2, 0.25) is 0 Å². The summed E-state index contributed by atoms with van der Waals surface area (Å²) in [5.74, 6) is 0.609. The molecule has 1 aromatic carbocycles. The van der Waals surface area contributed by atoms with Crippen LogP contribution in [0.2, 0.25) is 0 Å². The molecule has 0 bridgehead atoms. The quantitative estimate of drug-likeness (QED) is 0.773. The number of hydrogen-bond donors (Lipinski definition) is 2. The molecule has 2 nitrogen and oxygen atoms in total. The van der Waals surface area contributed by atoms with Gasteiger partial charge in [0.15, 0.2) is 0 Å². The standard InChI is InChI=1S/C14H24N2/c1-11(2)14-6-4-13(5-7-14)10-16-12(3)8-9-15/h4-7,11-12,16H,8-10,15H2,1-3H3. The average Bonchev–Trinajstić information content (AvgIpc) is 2.27. The Balaban J connectivity index is 2.43. The first-order valence-electron chi connectivity index (χ1n) is 6.15. The maximum absolute atomic E-state index is 5.51. The van der Waals surface area contributed by atoms with Crippen LogP contribution < -0.4 is 11.1 Å². The second-order valence-electron chi connectivity index (χ2n) is 4.76. The Kier molecular flexibility index (Phi) is 5.50. The average molecular weight is 220 g/mol. The van der Waals surface area contributed by atoms with E-state index < -0.39 is 0 Å². The van der Waals surface area contributed by atoms with Crippen molar-refractivity contribution in [2.75, 3.05) is 6.54 Å². The molecule has 0 saturated carbocycles. The monoisotopic (exact) mass is 220 g/mol. The fourth-order valence-electron chi connectivity index (χ4n) is 1.66. The molecule has 3 N–H and O–H groups in total. The van der Waals surface area contributed by atoms with Gasteiger partial charge in [-0.05, 0) is 36.9 Å². The molecule has 1 rings (SSSR count). The van der Waals surface area contributed by atoms with Gasteiger partial charge in [-0.1, -0.05) is 38.1 Å². The van der Waals surface area contributed by atoms with Crippen LogP contribution in [-0.4, -0.2) is 12.6 Å². The maximum Gasteiger partial charge on any atom is 0.0207 e. The summed E-state index contributed by atoms with van der Waals surface area (Å²) in [6.07, 6.45) is 1.03. The highest BCUT2D eigenvalue weighted by Crippen LogP contribution is 2.14. The van der Waals surface area contributed by atoms with Crippen molar-refractivity contribution in [3.05, 3.63) is 35.4 Å². The molecular weight excluding hydrogens is 196 g/mol. The van der Waals surface area contributed by atoms with Crippen LogP contribution in [0.15, 0.2) is 24.3 Å². The lowest BCUT2D eigenvalue weighted by atomic mass is 10.0. The highest BCUT2D eigenvalue weighted by Gasteiger charge is 2.01. The molecule has 16 heavy (non-hydrogen) atoms. The lowest BCUT2D eigenvalue weighted by molar-refractivity contribution is 0.520. The Labute approximate surface area is 99.2 Å². The van der Waals surface area contributed by atoms with E-state index in [0.29, 0.717) is 12.0 Å². The summed E-state index contributed by atoms with van der Waals surface area (Å²) in [5.41, 5.74) is 8.25. The molecule has 0 aliphatic rings. The lowest BCUT2D eigenvalue weighted by Gasteiger charge is -2.13.